The van der Waals surface area contributed by atoms with Gasteiger partial charge < -0.3 is 10.2 Å². The summed E-state index contributed by atoms with van der Waals surface area (Å²) in [4.78, 5) is 40.5. The molecule has 4 rings (SSSR count). The molecule has 1 atom stereocenters. The third-order valence-electron chi connectivity index (χ3n) is 6.53. The number of hydrogen-bond acceptors (Lipinski definition) is 5. The van der Waals surface area contributed by atoms with Crippen molar-refractivity contribution in [1.82, 2.24) is 14.5 Å². The molecule has 2 aromatic carbocycles. The van der Waals surface area contributed by atoms with Crippen molar-refractivity contribution in [1.29, 1.82) is 0 Å². The second kappa shape index (κ2) is 9.58. The van der Waals surface area contributed by atoms with Crippen molar-refractivity contribution in [3.8, 4) is 0 Å². The van der Waals surface area contributed by atoms with Gasteiger partial charge in [-0.1, -0.05) is 54.8 Å². The SMILES string of the molecule is Cc1ccc(CN(C(=O)CN2C(=O)c3ccccc3S2(=O)=O)[C@@H](C)C(=O)NC2CCCC2)cc1. The summed E-state index contributed by atoms with van der Waals surface area (Å²) >= 11 is 0. The highest BCUT2D eigenvalue weighted by atomic mass is 32.2. The molecule has 0 aromatic heterocycles. The molecule has 1 aliphatic carbocycles. The lowest BCUT2D eigenvalue weighted by atomic mass is 10.1. The molecule has 0 radical (unpaired) electrons. The lowest BCUT2D eigenvalue weighted by Crippen LogP contribution is -2.52. The predicted molar refractivity (Wildman–Crippen MR) is 126 cm³/mol. The molecule has 2 aromatic rings. The predicted octanol–water partition coefficient (Wildman–Crippen LogP) is 2.62. The van der Waals surface area contributed by atoms with Gasteiger partial charge in [0.1, 0.15) is 17.5 Å². The summed E-state index contributed by atoms with van der Waals surface area (Å²) in [7, 11) is -4.13. The topological polar surface area (TPSA) is 104 Å². The molecule has 34 heavy (non-hydrogen) atoms. The number of sulfonamides is 1. The van der Waals surface area contributed by atoms with E-state index in [9.17, 15) is 22.8 Å². The zero-order valence-corrected chi connectivity index (χ0v) is 20.2. The van der Waals surface area contributed by atoms with E-state index in [4.69, 9.17) is 0 Å². The van der Waals surface area contributed by atoms with Crippen LogP contribution in [0.3, 0.4) is 0 Å². The smallest absolute Gasteiger partial charge is 0.269 e. The van der Waals surface area contributed by atoms with E-state index in [2.05, 4.69) is 5.32 Å². The summed E-state index contributed by atoms with van der Waals surface area (Å²) in [5, 5.41) is 3.01. The molecule has 2 aliphatic rings. The molecule has 1 heterocycles. The van der Waals surface area contributed by atoms with Crippen molar-refractivity contribution in [3.63, 3.8) is 0 Å². The van der Waals surface area contributed by atoms with Crippen molar-refractivity contribution in [2.45, 2.75) is 63.1 Å². The molecule has 1 N–H and O–H groups in total. The van der Waals surface area contributed by atoms with Crippen LogP contribution in [-0.2, 0) is 26.2 Å². The van der Waals surface area contributed by atoms with E-state index in [0.29, 0.717) is 4.31 Å². The molecular formula is C25H29N3O5S. The first-order valence-electron chi connectivity index (χ1n) is 11.5. The Hall–Kier alpha value is -3.20. The van der Waals surface area contributed by atoms with Crippen LogP contribution in [-0.4, -0.2) is 54.0 Å². The van der Waals surface area contributed by atoms with Gasteiger partial charge in [-0.3, -0.25) is 14.4 Å². The Kier molecular flexibility index (Phi) is 6.74. The Balaban J connectivity index is 1.57. The number of hydrogen-bond donors (Lipinski definition) is 1. The van der Waals surface area contributed by atoms with E-state index >= 15 is 0 Å². The van der Waals surface area contributed by atoms with E-state index in [1.165, 1.54) is 23.1 Å². The van der Waals surface area contributed by atoms with Crippen LogP contribution in [0, 0.1) is 6.92 Å². The van der Waals surface area contributed by atoms with E-state index in [0.717, 1.165) is 36.8 Å². The van der Waals surface area contributed by atoms with Gasteiger partial charge in [0.05, 0.1) is 5.56 Å². The molecule has 1 aliphatic heterocycles. The highest BCUT2D eigenvalue weighted by molar-refractivity contribution is 7.90. The maximum absolute atomic E-state index is 13.4. The minimum Gasteiger partial charge on any atom is -0.352 e. The molecule has 9 heteroatoms. The first-order chi connectivity index (χ1) is 16.2. The van der Waals surface area contributed by atoms with Crippen molar-refractivity contribution in [2.24, 2.45) is 0 Å². The van der Waals surface area contributed by atoms with Gasteiger partial charge in [0.2, 0.25) is 11.8 Å². The summed E-state index contributed by atoms with van der Waals surface area (Å²) in [5.41, 5.74) is 1.91. The fourth-order valence-electron chi connectivity index (χ4n) is 4.47. The highest BCUT2D eigenvalue weighted by Gasteiger charge is 2.43. The van der Waals surface area contributed by atoms with Gasteiger partial charge in [-0.2, -0.15) is 0 Å². The summed E-state index contributed by atoms with van der Waals surface area (Å²) < 4.78 is 26.5. The number of carbonyl (C=O) groups excluding carboxylic acids is 3. The largest absolute Gasteiger partial charge is 0.352 e. The summed E-state index contributed by atoms with van der Waals surface area (Å²) in [6, 6.07) is 12.7. The van der Waals surface area contributed by atoms with Gasteiger partial charge in [-0.15, -0.1) is 0 Å². The van der Waals surface area contributed by atoms with Crippen molar-refractivity contribution >= 4 is 27.7 Å². The number of nitrogens with zero attached hydrogens (tertiary/aromatic N) is 2. The molecule has 3 amide bonds. The molecule has 180 valence electrons. The minimum absolute atomic E-state index is 0.0485. The van der Waals surface area contributed by atoms with Crippen LogP contribution in [0.5, 0.6) is 0 Å². The van der Waals surface area contributed by atoms with Crippen LogP contribution >= 0.6 is 0 Å². The quantitative estimate of drug-likeness (QED) is 0.652. The van der Waals surface area contributed by atoms with Crippen molar-refractivity contribution in [3.05, 3.63) is 65.2 Å². The second-order valence-electron chi connectivity index (χ2n) is 8.99. The van der Waals surface area contributed by atoms with E-state index in [1.54, 1.807) is 13.0 Å². The Bertz CT molecular complexity index is 1200. The zero-order chi connectivity index (χ0) is 24.5. The summed E-state index contributed by atoms with van der Waals surface area (Å²) in [6.45, 7) is 3.04. The van der Waals surface area contributed by atoms with Crippen LogP contribution in [0.25, 0.3) is 0 Å². The first-order valence-corrected chi connectivity index (χ1v) is 12.9. The first kappa shape index (κ1) is 23.9. The van der Waals surface area contributed by atoms with Crippen LogP contribution in [0.15, 0.2) is 53.4 Å². The molecule has 8 nitrogen and oxygen atoms in total. The van der Waals surface area contributed by atoms with E-state index < -0.39 is 34.4 Å². The molecule has 0 unspecified atom stereocenters. The standard InChI is InChI=1S/C25H29N3O5S/c1-17-11-13-19(14-12-17)15-27(18(2)24(30)26-20-7-3-4-8-20)23(29)16-28-25(31)21-9-5-6-10-22(21)34(28,32)33/h5-6,9-14,18,20H,3-4,7-8,15-16H2,1-2H3,(H,26,30)/t18-/m0/s1. The van der Waals surface area contributed by atoms with Gasteiger partial charge in [-0.25, -0.2) is 12.7 Å². The monoisotopic (exact) mass is 483 g/mol. The third kappa shape index (κ3) is 4.70. The number of fused-ring (bicyclic) bond motifs is 1. The molecule has 0 saturated heterocycles. The van der Waals surface area contributed by atoms with Gasteiger partial charge in [0.15, 0.2) is 0 Å². The van der Waals surface area contributed by atoms with Gasteiger partial charge in [0.25, 0.3) is 15.9 Å². The second-order valence-corrected chi connectivity index (χ2v) is 10.8. The Morgan fingerprint density at radius 2 is 1.74 bits per heavy atom. The van der Waals surface area contributed by atoms with Crippen molar-refractivity contribution < 1.29 is 22.8 Å². The Morgan fingerprint density at radius 3 is 2.38 bits per heavy atom. The Morgan fingerprint density at radius 1 is 1.09 bits per heavy atom. The lowest BCUT2D eigenvalue weighted by Gasteiger charge is -2.31. The maximum atomic E-state index is 13.4. The average Bonchev–Trinajstić information content (AvgIpc) is 3.39. The zero-order valence-electron chi connectivity index (χ0n) is 19.4. The molecular weight excluding hydrogens is 454 g/mol. The number of amides is 3. The van der Waals surface area contributed by atoms with Crippen molar-refractivity contribution in [2.75, 3.05) is 6.54 Å². The molecule has 1 fully saturated rings. The van der Waals surface area contributed by atoms with Gasteiger partial charge >= 0.3 is 0 Å². The Labute approximate surface area is 200 Å². The number of benzene rings is 2. The van der Waals surface area contributed by atoms with Gasteiger partial charge in [-0.05, 0) is 44.4 Å². The fourth-order valence-corrected chi connectivity index (χ4v) is 5.98. The van der Waals surface area contributed by atoms with E-state index in [-0.39, 0.29) is 29.0 Å². The normalized spacial score (nSPS) is 17.9. The van der Waals surface area contributed by atoms with Crippen LogP contribution in [0.1, 0.15) is 54.1 Å². The number of rotatable bonds is 7. The third-order valence-corrected chi connectivity index (χ3v) is 8.32. The van der Waals surface area contributed by atoms with Crippen LogP contribution < -0.4 is 5.32 Å². The van der Waals surface area contributed by atoms with Crippen LogP contribution in [0.4, 0.5) is 0 Å². The average molecular weight is 484 g/mol. The molecule has 0 spiro atoms. The molecule has 0 bridgehead atoms. The summed E-state index contributed by atoms with van der Waals surface area (Å²) in [6.07, 6.45) is 3.92. The van der Waals surface area contributed by atoms with Crippen LogP contribution in [0.2, 0.25) is 0 Å². The number of nitrogens with one attached hydrogen (secondary N) is 1. The fraction of sp³-hybridized carbons (Fsp3) is 0.400. The van der Waals surface area contributed by atoms with E-state index in [1.807, 2.05) is 31.2 Å². The number of carbonyl (C=O) groups is 3. The number of aryl methyl sites for hydroxylation is 1. The maximum Gasteiger partial charge on any atom is 0.269 e. The molecule has 1 saturated carbocycles. The van der Waals surface area contributed by atoms with Gasteiger partial charge in [0, 0.05) is 12.6 Å². The summed E-state index contributed by atoms with van der Waals surface area (Å²) in [5.74, 6) is -1.63. The minimum atomic E-state index is -4.13. The lowest BCUT2D eigenvalue weighted by molar-refractivity contribution is -0.140. The highest BCUT2D eigenvalue weighted by Crippen LogP contribution is 2.30.